The molecule has 2 aliphatic rings. The van der Waals surface area contributed by atoms with Crippen LogP contribution in [0.2, 0.25) is 0 Å². The highest BCUT2D eigenvalue weighted by molar-refractivity contribution is 5.56. The summed E-state index contributed by atoms with van der Waals surface area (Å²) in [4.78, 5) is 0. The Morgan fingerprint density at radius 1 is 1.28 bits per heavy atom. The van der Waals surface area contributed by atoms with E-state index in [4.69, 9.17) is 0 Å². The van der Waals surface area contributed by atoms with Gasteiger partial charge in [-0.05, 0) is 41.9 Å². The van der Waals surface area contributed by atoms with Crippen molar-refractivity contribution in [2.45, 2.75) is 45.6 Å². The minimum absolute atomic E-state index is 0.554. The molecule has 18 heavy (non-hydrogen) atoms. The van der Waals surface area contributed by atoms with Crippen molar-refractivity contribution >= 4 is 5.69 Å². The second-order valence-electron chi connectivity index (χ2n) is 6.29. The average Bonchev–Trinajstić information content (AvgIpc) is 2.97. The molecule has 0 radical (unpaired) electrons. The second-order valence-corrected chi connectivity index (χ2v) is 6.29. The number of fused-ring (bicyclic) bond motifs is 1. The summed E-state index contributed by atoms with van der Waals surface area (Å²) < 4.78 is 0. The van der Waals surface area contributed by atoms with Crippen LogP contribution in [-0.2, 0) is 13.0 Å². The van der Waals surface area contributed by atoms with Gasteiger partial charge in [-0.1, -0.05) is 31.9 Å². The number of anilines is 1. The third-order valence-electron chi connectivity index (χ3n) is 4.57. The van der Waals surface area contributed by atoms with E-state index in [-0.39, 0.29) is 0 Å². The van der Waals surface area contributed by atoms with E-state index in [2.05, 4.69) is 35.8 Å². The number of hydrogen-bond donors (Lipinski definition) is 2. The first-order chi connectivity index (χ1) is 8.75. The number of benzene rings is 1. The lowest BCUT2D eigenvalue weighted by Gasteiger charge is -2.23. The molecule has 1 saturated carbocycles. The summed E-state index contributed by atoms with van der Waals surface area (Å²) in [6.07, 6.45) is 6.81. The highest BCUT2D eigenvalue weighted by Gasteiger charge is 2.27. The minimum atomic E-state index is 0.554. The summed E-state index contributed by atoms with van der Waals surface area (Å²) >= 11 is 0. The Morgan fingerprint density at radius 2 is 2.11 bits per heavy atom. The first-order valence-corrected chi connectivity index (χ1v) is 7.32. The van der Waals surface area contributed by atoms with Gasteiger partial charge in [0, 0.05) is 25.3 Å². The molecular formula is C16H24N2. The van der Waals surface area contributed by atoms with Crippen LogP contribution in [-0.4, -0.2) is 13.1 Å². The third-order valence-corrected chi connectivity index (χ3v) is 4.57. The molecule has 0 bridgehead atoms. The topological polar surface area (TPSA) is 24.1 Å². The van der Waals surface area contributed by atoms with Gasteiger partial charge in [0.15, 0.2) is 0 Å². The zero-order valence-corrected chi connectivity index (χ0v) is 11.4. The predicted molar refractivity (Wildman–Crippen MR) is 76.9 cm³/mol. The van der Waals surface area contributed by atoms with E-state index in [1.54, 1.807) is 0 Å². The summed E-state index contributed by atoms with van der Waals surface area (Å²) in [7, 11) is 0. The Bertz CT molecular complexity index is 419. The first kappa shape index (κ1) is 12.0. The van der Waals surface area contributed by atoms with Crippen molar-refractivity contribution in [2.24, 2.45) is 5.41 Å². The molecule has 0 amide bonds. The number of hydrogen-bond acceptors (Lipinski definition) is 2. The highest BCUT2D eigenvalue weighted by atomic mass is 14.9. The van der Waals surface area contributed by atoms with E-state index in [1.165, 1.54) is 55.5 Å². The zero-order chi connectivity index (χ0) is 12.4. The molecule has 1 aliphatic heterocycles. The van der Waals surface area contributed by atoms with E-state index in [1.807, 2.05) is 0 Å². The molecule has 3 rings (SSSR count). The second kappa shape index (κ2) is 4.93. The monoisotopic (exact) mass is 244 g/mol. The summed E-state index contributed by atoms with van der Waals surface area (Å²) in [6.45, 7) is 5.72. The van der Waals surface area contributed by atoms with Gasteiger partial charge in [0.25, 0.3) is 0 Å². The molecule has 2 N–H and O–H groups in total. The maximum atomic E-state index is 3.65. The Balaban J connectivity index is 1.54. The largest absolute Gasteiger partial charge is 0.384 e. The Hall–Kier alpha value is -1.02. The van der Waals surface area contributed by atoms with E-state index in [0.29, 0.717) is 5.41 Å². The van der Waals surface area contributed by atoms with Gasteiger partial charge in [0.2, 0.25) is 0 Å². The zero-order valence-electron chi connectivity index (χ0n) is 11.4. The predicted octanol–water partition coefficient (Wildman–Crippen LogP) is 3.32. The molecular weight excluding hydrogens is 220 g/mol. The molecule has 2 heteroatoms. The van der Waals surface area contributed by atoms with Crippen LogP contribution >= 0.6 is 0 Å². The molecule has 1 fully saturated rings. The number of rotatable bonds is 4. The first-order valence-electron chi connectivity index (χ1n) is 7.32. The summed E-state index contributed by atoms with van der Waals surface area (Å²) in [5.41, 5.74) is 4.81. The fraction of sp³-hybridized carbons (Fsp3) is 0.625. The number of nitrogens with one attached hydrogen (secondary N) is 2. The minimum Gasteiger partial charge on any atom is -0.384 e. The lowest BCUT2D eigenvalue weighted by atomic mass is 9.89. The van der Waals surface area contributed by atoms with Gasteiger partial charge in [-0.2, -0.15) is 0 Å². The third kappa shape index (κ3) is 2.54. The van der Waals surface area contributed by atoms with Crippen LogP contribution < -0.4 is 10.6 Å². The van der Waals surface area contributed by atoms with Crippen LogP contribution in [0.1, 0.15) is 43.7 Å². The molecule has 0 atom stereocenters. The van der Waals surface area contributed by atoms with Gasteiger partial charge in [-0.15, -0.1) is 0 Å². The van der Waals surface area contributed by atoms with E-state index in [9.17, 15) is 0 Å². The SMILES string of the molecule is CC1(CNCc2ccc3c(c2)CCN3)CCCC1. The molecule has 0 aromatic heterocycles. The lowest BCUT2D eigenvalue weighted by molar-refractivity contribution is 0.314. The highest BCUT2D eigenvalue weighted by Crippen LogP contribution is 2.36. The van der Waals surface area contributed by atoms with E-state index < -0.39 is 0 Å². The van der Waals surface area contributed by atoms with Crippen LogP contribution in [0.5, 0.6) is 0 Å². The maximum Gasteiger partial charge on any atom is 0.0373 e. The fourth-order valence-corrected chi connectivity index (χ4v) is 3.38. The van der Waals surface area contributed by atoms with Gasteiger partial charge in [0.05, 0.1) is 0 Å². The molecule has 1 aliphatic carbocycles. The average molecular weight is 244 g/mol. The lowest BCUT2D eigenvalue weighted by Crippen LogP contribution is -2.29. The van der Waals surface area contributed by atoms with Crippen molar-refractivity contribution in [1.29, 1.82) is 0 Å². The van der Waals surface area contributed by atoms with Gasteiger partial charge < -0.3 is 10.6 Å². The normalized spacial score (nSPS) is 20.7. The Kier molecular flexibility index (Phi) is 3.29. The van der Waals surface area contributed by atoms with Gasteiger partial charge in [-0.25, -0.2) is 0 Å². The molecule has 0 saturated heterocycles. The van der Waals surface area contributed by atoms with Gasteiger partial charge in [-0.3, -0.25) is 0 Å². The van der Waals surface area contributed by atoms with Crippen molar-refractivity contribution in [2.75, 3.05) is 18.4 Å². The quantitative estimate of drug-likeness (QED) is 0.849. The van der Waals surface area contributed by atoms with Crippen LogP contribution in [0.4, 0.5) is 5.69 Å². The van der Waals surface area contributed by atoms with Gasteiger partial charge >= 0.3 is 0 Å². The molecule has 0 unspecified atom stereocenters. The Labute approximate surface area is 110 Å². The molecule has 98 valence electrons. The van der Waals surface area contributed by atoms with Crippen LogP contribution in [0.15, 0.2) is 18.2 Å². The summed E-state index contributed by atoms with van der Waals surface area (Å²) in [6, 6.07) is 6.84. The van der Waals surface area contributed by atoms with E-state index in [0.717, 1.165) is 13.1 Å². The maximum absolute atomic E-state index is 3.65. The van der Waals surface area contributed by atoms with Crippen LogP contribution in [0, 0.1) is 5.41 Å². The smallest absolute Gasteiger partial charge is 0.0373 e. The molecule has 1 heterocycles. The van der Waals surface area contributed by atoms with Crippen molar-refractivity contribution < 1.29 is 0 Å². The van der Waals surface area contributed by atoms with Gasteiger partial charge in [0.1, 0.15) is 0 Å². The van der Waals surface area contributed by atoms with Crippen molar-refractivity contribution in [1.82, 2.24) is 5.32 Å². The van der Waals surface area contributed by atoms with Crippen molar-refractivity contribution in [3.63, 3.8) is 0 Å². The molecule has 1 aromatic rings. The fourth-order valence-electron chi connectivity index (χ4n) is 3.38. The summed E-state index contributed by atoms with van der Waals surface area (Å²) in [5.74, 6) is 0. The summed E-state index contributed by atoms with van der Waals surface area (Å²) in [5, 5.41) is 7.07. The van der Waals surface area contributed by atoms with E-state index >= 15 is 0 Å². The molecule has 1 aromatic carbocycles. The Morgan fingerprint density at radius 3 is 2.94 bits per heavy atom. The van der Waals surface area contributed by atoms with Crippen molar-refractivity contribution in [3.05, 3.63) is 29.3 Å². The molecule has 2 nitrogen and oxygen atoms in total. The van der Waals surface area contributed by atoms with Crippen molar-refractivity contribution in [3.8, 4) is 0 Å². The standard InChI is InChI=1S/C16H24N2/c1-16(7-2-3-8-16)12-17-11-13-4-5-15-14(10-13)6-9-18-15/h4-5,10,17-18H,2-3,6-9,11-12H2,1H3. The van der Waals surface area contributed by atoms with Crippen LogP contribution in [0.25, 0.3) is 0 Å². The molecule has 0 spiro atoms. The van der Waals surface area contributed by atoms with Crippen LogP contribution in [0.3, 0.4) is 0 Å².